The van der Waals surface area contributed by atoms with Crippen LogP contribution in [0.2, 0.25) is 0 Å². The van der Waals surface area contributed by atoms with Gasteiger partial charge in [0.15, 0.2) is 6.61 Å². The zero-order valence-electron chi connectivity index (χ0n) is 17.2. The van der Waals surface area contributed by atoms with E-state index in [2.05, 4.69) is 10.2 Å². The summed E-state index contributed by atoms with van der Waals surface area (Å²) in [6.07, 6.45) is 10.2. The summed E-state index contributed by atoms with van der Waals surface area (Å²) in [7, 11) is 0. The molecule has 1 aromatic heterocycles. The molecule has 29 heavy (non-hydrogen) atoms. The topological polar surface area (TPSA) is 67.9 Å². The summed E-state index contributed by atoms with van der Waals surface area (Å²) in [5.74, 6) is -0.569. The van der Waals surface area contributed by atoms with Crippen molar-refractivity contribution in [2.45, 2.75) is 63.3 Å². The molecule has 1 aliphatic heterocycles. The normalized spacial score (nSPS) is 21.9. The number of carbonyl (C=O) groups excluding carboxylic acids is 2. The highest BCUT2D eigenvalue weighted by molar-refractivity contribution is 7.10. The van der Waals surface area contributed by atoms with Crippen molar-refractivity contribution in [3.8, 4) is 0 Å². The van der Waals surface area contributed by atoms with Crippen molar-refractivity contribution in [1.82, 2.24) is 10.2 Å². The standard InChI is InChI=1S/C22H32N2O4S/c25-20(14-28-21(26)18-15-29-19-7-3-2-6-17(18)19)23-16-22(8-4-1-5-9-22)24-10-12-27-13-11-24/h15H,1-14,16H2,(H,23,25). The molecule has 2 aliphatic carbocycles. The van der Waals surface area contributed by atoms with E-state index >= 15 is 0 Å². The molecule has 1 amide bonds. The Morgan fingerprint density at radius 3 is 2.66 bits per heavy atom. The molecule has 2 heterocycles. The molecule has 0 spiro atoms. The van der Waals surface area contributed by atoms with Gasteiger partial charge in [0, 0.05) is 35.4 Å². The molecule has 6 nitrogen and oxygen atoms in total. The molecule has 0 bridgehead atoms. The second-order valence-electron chi connectivity index (χ2n) is 8.50. The fourth-order valence-electron chi connectivity index (χ4n) is 5.04. The molecule has 1 aromatic rings. The first-order chi connectivity index (χ1) is 14.2. The molecule has 0 radical (unpaired) electrons. The van der Waals surface area contributed by atoms with E-state index in [1.807, 2.05) is 5.38 Å². The van der Waals surface area contributed by atoms with Crippen molar-refractivity contribution in [2.24, 2.45) is 0 Å². The van der Waals surface area contributed by atoms with Gasteiger partial charge in [0.1, 0.15) is 0 Å². The Morgan fingerprint density at radius 1 is 1.10 bits per heavy atom. The number of morpholine rings is 1. The molecule has 0 atom stereocenters. The van der Waals surface area contributed by atoms with Crippen LogP contribution in [0.4, 0.5) is 0 Å². The quantitative estimate of drug-likeness (QED) is 0.717. The highest BCUT2D eigenvalue weighted by Crippen LogP contribution is 2.34. The molecule has 3 aliphatic rings. The van der Waals surface area contributed by atoms with Crippen LogP contribution < -0.4 is 5.32 Å². The number of thiophene rings is 1. The van der Waals surface area contributed by atoms with E-state index in [-0.39, 0.29) is 24.0 Å². The van der Waals surface area contributed by atoms with Gasteiger partial charge < -0.3 is 14.8 Å². The lowest BCUT2D eigenvalue weighted by Gasteiger charge is -2.48. The lowest BCUT2D eigenvalue weighted by molar-refractivity contribution is -0.125. The van der Waals surface area contributed by atoms with Crippen LogP contribution in [-0.2, 0) is 27.1 Å². The number of hydrogen-bond acceptors (Lipinski definition) is 6. The third kappa shape index (κ3) is 4.84. The average Bonchev–Trinajstić information content (AvgIpc) is 3.22. The maximum atomic E-state index is 12.5. The van der Waals surface area contributed by atoms with Crippen molar-refractivity contribution in [1.29, 1.82) is 0 Å². The van der Waals surface area contributed by atoms with E-state index in [0.29, 0.717) is 12.1 Å². The Balaban J connectivity index is 1.29. The van der Waals surface area contributed by atoms with Crippen LogP contribution in [-0.4, -0.2) is 61.8 Å². The lowest BCUT2D eigenvalue weighted by Crippen LogP contribution is -2.59. The molecular weight excluding hydrogens is 388 g/mol. The summed E-state index contributed by atoms with van der Waals surface area (Å²) >= 11 is 1.64. The number of rotatable bonds is 6. The van der Waals surface area contributed by atoms with E-state index in [0.717, 1.165) is 64.0 Å². The van der Waals surface area contributed by atoms with E-state index in [9.17, 15) is 9.59 Å². The summed E-state index contributed by atoms with van der Waals surface area (Å²) in [4.78, 5) is 28.7. The van der Waals surface area contributed by atoms with Crippen molar-refractivity contribution >= 4 is 23.2 Å². The van der Waals surface area contributed by atoms with Crippen LogP contribution in [0.25, 0.3) is 0 Å². The van der Waals surface area contributed by atoms with Crippen LogP contribution in [0.1, 0.15) is 65.7 Å². The number of esters is 1. The predicted octanol–water partition coefficient (Wildman–Crippen LogP) is 2.94. The molecule has 2 fully saturated rings. The van der Waals surface area contributed by atoms with Gasteiger partial charge in [0.05, 0.1) is 18.8 Å². The van der Waals surface area contributed by atoms with E-state index in [4.69, 9.17) is 9.47 Å². The van der Waals surface area contributed by atoms with E-state index < -0.39 is 0 Å². The number of amides is 1. The van der Waals surface area contributed by atoms with Crippen LogP contribution >= 0.6 is 11.3 Å². The van der Waals surface area contributed by atoms with Crippen molar-refractivity contribution in [2.75, 3.05) is 39.5 Å². The summed E-state index contributed by atoms with van der Waals surface area (Å²) < 4.78 is 10.9. The van der Waals surface area contributed by atoms with Gasteiger partial charge in [-0.25, -0.2) is 4.79 Å². The number of carbonyl (C=O) groups is 2. The molecular formula is C22H32N2O4S. The maximum absolute atomic E-state index is 12.5. The fraction of sp³-hybridized carbons (Fsp3) is 0.727. The van der Waals surface area contributed by atoms with Gasteiger partial charge in [-0.05, 0) is 44.1 Å². The first-order valence-electron chi connectivity index (χ1n) is 11.0. The zero-order chi connectivity index (χ0) is 20.1. The van der Waals surface area contributed by atoms with Gasteiger partial charge in [-0.2, -0.15) is 0 Å². The Labute approximate surface area is 176 Å². The van der Waals surface area contributed by atoms with Crippen LogP contribution in [0.5, 0.6) is 0 Å². The average molecular weight is 421 g/mol. The van der Waals surface area contributed by atoms with Crippen molar-refractivity contribution in [3.63, 3.8) is 0 Å². The summed E-state index contributed by atoms with van der Waals surface area (Å²) in [5.41, 5.74) is 1.82. The summed E-state index contributed by atoms with van der Waals surface area (Å²) in [6.45, 7) is 3.79. The Hall–Kier alpha value is -1.44. The van der Waals surface area contributed by atoms with Gasteiger partial charge in [-0.3, -0.25) is 9.69 Å². The third-order valence-electron chi connectivity index (χ3n) is 6.70. The minimum Gasteiger partial charge on any atom is -0.452 e. The van der Waals surface area contributed by atoms with E-state index in [1.54, 1.807) is 11.3 Å². The second kappa shape index (κ2) is 9.58. The number of hydrogen-bond donors (Lipinski definition) is 1. The maximum Gasteiger partial charge on any atom is 0.339 e. The Bertz CT molecular complexity index is 720. The second-order valence-corrected chi connectivity index (χ2v) is 9.46. The van der Waals surface area contributed by atoms with E-state index in [1.165, 1.54) is 30.6 Å². The molecule has 0 aromatic carbocycles. The van der Waals surface area contributed by atoms with Crippen LogP contribution in [0.15, 0.2) is 5.38 Å². The smallest absolute Gasteiger partial charge is 0.339 e. The number of aryl methyl sites for hydroxylation is 1. The highest BCUT2D eigenvalue weighted by Gasteiger charge is 2.38. The Kier molecular flexibility index (Phi) is 6.88. The number of fused-ring (bicyclic) bond motifs is 1. The minimum atomic E-state index is -0.361. The fourth-order valence-corrected chi connectivity index (χ4v) is 6.16. The molecule has 160 valence electrons. The molecule has 7 heteroatoms. The third-order valence-corrected chi connectivity index (χ3v) is 7.79. The van der Waals surface area contributed by atoms with Crippen molar-refractivity contribution in [3.05, 3.63) is 21.4 Å². The van der Waals surface area contributed by atoms with Gasteiger partial charge in [-0.1, -0.05) is 19.3 Å². The molecule has 4 rings (SSSR count). The first-order valence-corrected chi connectivity index (χ1v) is 11.9. The Morgan fingerprint density at radius 2 is 1.86 bits per heavy atom. The molecule has 0 unspecified atom stereocenters. The summed E-state index contributed by atoms with van der Waals surface area (Å²) in [6, 6.07) is 0. The first kappa shape index (κ1) is 20.8. The number of nitrogens with one attached hydrogen (secondary N) is 1. The van der Waals surface area contributed by atoms with Crippen LogP contribution in [0, 0.1) is 0 Å². The van der Waals surface area contributed by atoms with Gasteiger partial charge in [0.2, 0.25) is 0 Å². The van der Waals surface area contributed by atoms with Crippen LogP contribution in [0.3, 0.4) is 0 Å². The zero-order valence-corrected chi connectivity index (χ0v) is 18.0. The molecule has 1 saturated carbocycles. The summed E-state index contributed by atoms with van der Waals surface area (Å²) in [5, 5.41) is 4.95. The van der Waals surface area contributed by atoms with Gasteiger partial charge >= 0.3 is 5.97 Å². The minimum absolute atomic E-state index is 0.0220. The van der Waals surface area contributed by atoms with Gasteiger partial charge in [0.25, 0.3) is 5.91 Å². The molecule has 1 N–H and O–H groups in total. The lowest BCUT2D eigenvalue weighted by atomic mass is 9.79. The number of nitrogens with zero attached hydrogens (tertiary/aromatic N) is 1. The monoisotopic (exact) mass is 420 g/mol. The predicted molar refractivity (Wildman–Crippen MR) is 112 cm³/mol. The van der Waals surface area contributed by atoms with Gasteiger partial charge in [-0.15, -0.1) is 11.3 Å². The van der Waals surface area contributed by atoms with Crippen molar-refractivity contribution < 1.29 is 19.1 Å². The largest absolute Gasteiger partial charge is 0.452 e. The highest BCUT2D eigenvalue weighted by atomic mass is 32.1. The number of ether oxygens (including phenoxy) is 2. The molecule has 1 saturated heterocycles. The SMILES string of the molecule is O=C(COC(=O)c1csc2c1CCCC2)NCC1(N2CCOCC2)CCCCC1.